The van der Waals surface area contributed by atoms with Gasteiger partial charge in [-0.3, -0.25) is 4.79 Å². The number of phenolic OH excluding ortho intramolecular Hbond substituents is 2. The zero-order chi connectivity index (χ0) is 21.7. The molecule has 1 aromatic heterocycles. The molecule has 2 aromatic carbocycles. The highest BCUT2D eigenvalue weighted by Crippen LogP contribution is 2.41. The molecule has 0 unspecified atom stereocenters. The van der Waals surface area contributed by atoms with E-state index in [4.69, 9.17) is 9.15 Å². The molecular formula is C25H26O5. The molecular weight excluding hydrogens is 380 g/mol. The zero-order valence-corrected chi connectivity index (χ0v) is 17.4. The number of hydrogen-bond acceptors (Lipinski definition) is 5. The molecule has 0 spiro atoms. The zero-order valence-electron chi connectivity index (χ0n) is 17.4. The van der Waals surface area contributed by atoms with Crippen molar-refractivity contribution in [2.45, 2.75) is 33.6 Å². The molecule has 0 aliphatic rings. The normalized spacial score (nSPS) is 11.5. The van der Waals surface area contributed by atoms with Gasteiger partial charge in [0.25, 0.3) is 0 Å². The van der Waals surface area contributed by atoms with Crippen LogP contribution in [-0.4, -0.2) is 16.8 Å². The fourth-order valence-corrected chi connectivity index (χ4v) is 3.09. The number of phenols is 2. The summed E-state index contributed by atoms with van der Waals surface area (Å²) < 4.78 is 11.5. The van der Waals surface area contributed by atoms with Gasteiger partial charge in [0.2, 0.25) is 5.75 Å². The minimum absolute atomic E-state index is 0.0571. The van der Waals surface area contributed by atoms with Gasteiger partial charge in [-0.25, -0.2) is 0 Å². The van der Waals surface area contributed by atoms with E-state index in [2.05, 4.69) is 19.9 Å². The van der Waals surface area contributed by atoms with Crippen LogP contribution in [0.4, 0.5) is 0 Å². The number of aromatic hydroxyl groups is 2. The van der Waals surface area contributed by atoms with Gasteiger partial charge in [0, 0.05) is 17.7 Å². The second-order valence-corrected chi connectivity index (χ2v) is 7.47. The minimum atomic E-state index is -0.542. The van der Waals surface area contributed by atoms with Crippen LogP contribution in [0.15, 0.2) is 75.0 Å². The average Bonchev–Trinajstić information content (AvgIpc) is 2.71. The van der Waals surface area contributed by atoms with E-state index in [-0.39, 0.29) is 23.3 Å². The maximum atomic E-state index is 12.5. The molecule has 0 aliphatic carbocycles. The first-order valence-electron chi connectivity index (χ1n) is 9.87. The van der Waals surface area contributed by atoms with Crippen LogP contribution < -0.4 is 10.2 Å². The van der Waals surface area contributed by atoms with E-state index in [0.29, 0.717) is 5.76 Å². The third kappa shape index (κ3) is 4.92. The lowest BCUT2D eigenvalue weighted by Gasteiger charge is -2.11. The lowest BCUT2D eigenvalue weighted by molar-refractivity contribution is 0.324. The molecule has 0 fully saturated rings. The molecule has 0 saturated carbocycles. The molecule has 2 N–H and O–H groups in total. The van der Waals surface area contributed by atoms with Crippen molar-refractivity contribution in [2.75, 3.05) is 6.61 Å². The number of ether oxygens (including phenoxy) is 1. The van der Waals surface area contributed by atoms with Gasteiger partial charge in [0.15, 0.2) is 16.9 Å². The first-order chi connectivity index (χ1) is 14.4. The van der Waals surface area contributed by atoms with Gasteiger partial charge in [0.1, 0.15) is 23.3 Å². The first kappa shape index (κ1) is 21.2. The molecule has 3 aromatic rings. The van der Waals surface area contributed by atoms with Gasteiger partial charge < -0.3 is 19.4 Å². The quantitative estimate of drug-likeness (QED) is 0.375. The van der Waals surface area contributed by atoms with Crippen LogP contribution in [-0.2, 0) is 0 Å². The van der Waals surface area contributed by atoms with E-state index >= 15 is 0 Å². The molecule has 0 saturated heterocycles. The fraction of sp³-hybridized carbons (Fsp3) is 0.240. The van der Waals surface area contributed by atoms with Crippen molar-refractivity contribution in [2.24, 2.45) is 0 Å². The lowest BCUT2D eigenvalue weighted by Crippen LogP contribution is -2.02. The molecule has 0 atom stereocenters. The van der Waals surface area contributed by atoms with Gasteiger partial charge in [-0.05, 0) is 39.7 Å². The number of rotatable bonds is 7. The predicted octanol–water partition coefficient (Wildman–Crippen LogP) is 5.94. The van der Waals surface area contributed by atoms with Crippen molar-refractivity contribution in [3.8, 4) is 28.6 Å². The fourth-order valence-electron chi connectivity index (χ4n) is 3.09. The Labute approximate surface area is 175 Å². The maximum Gasteiger partial charge on any atom is 0.201 e. The van der Waals surface area contributed by atoms with Crippen molar-refractivity contribution in [1.82, 2.24) is 0 Å². The standard InChI is InChI=1S/C25H26O5/c1-16(2)8-7-9-17(3)12-13-29-22-15-21-23(25(28)24(22)27)19(26)14-20(30-21)18-10-5-4-6-11-18/h4-6,8,10-12,14-15,27-28H,7,9,13H2,1-3H3/b17-12+. The van der Waals surface area contributed by atoms with Gasteiger partial charge in [-0.15, -0.1) is 0 Å². The summed E-state index contributed by atoms with van der Waals surface area (Å²) in [5, 5.41) is 20.6. The molecule has 5 nitrogen and oxygen atoms in total. The maximum absolute atomic E-state index is 12.5. The van der Waals surface area contributed by atoms with E-state index in [1.165, 1.54) is 17.7 Å². The van der Waals surface area contributed by atoms with E-state index in [1.807, 2.05) is 43.3 Å². The Morgan fingerprint density at radius 2 is 1.77 bits per heavy atom. The highest BCUT2D eigenvalue weighted by molar-refractivity contribution is 5.89. The number of hydrogen-bond donors (Lipinski definition) is 2. The molecule has 0 amide bonds. The monoisotopic (exact) mass is 406 g/mol. The van der Waals surface area contributed by atoms with Gasteiger partial charge in [-0.2, -0.15) is 0 Å². The van der Waals surface area contributed by atoms with Crippen molar-refractivity contribution in [3.05, 3.63) is 76.0 Å². The Balaban J connectivity index is 1.88. The van der Waals surface area contributed by atoms with Crippen molar-refractivity contribution >= 4 is 11.0 Å². The molecule has 0 radical (unpaired) electrons. The Bertz CT molecular complexity index is 1150. The summed E-state index contributed by atoms with van der Waals surface area (Å²) in [5.74, 6) is -0.584. The van der Waals surface area contributed by atoms with Gasteiger partial charge >= 0.3 is 0 Å². The average molecular weight is 406 g/mol. The smallest absolute Gasteiger partial charge is 0.201 e. The van der Waals surface area contributed by atoms with Crippen LogP contribution in [0.25, 0.3) is 22.3 Å². The summed E-state index contributed by atoms with van der Waals surface area (Å²) in [6.45, 7) is 6.38. The Morgan fingerprint density at radius 1 is 1.03 bits per heavy atom. The van der Waals surface area contributed by atoms with Crippen molar-refractivity contribution < 1.29 is 19.4 Å². The SMILES string of the molecule is CC(C)=CCC/C(C)=C/COc1cc2oc(-c3ccccc3)cc(=O)c2c(O)c1O. The van der Waals surface area contributed by atoms with Crippen LogP contribution in [0.3, 0.4) is 0 Å². The predicted molar refractivity (Wildman–Crippen MR) is 119 cm³/mol. The largest absolute Gasteiger partial charge is 0.504 e. The van der Waals surface area contributed by atoms with E-state index in [9.17, 15) is 15.0 Å². The van der Waals surface area contributed by atoms with Crippen LogP contribution >= 0.6 is 0 Å². The third-order valence-corrected chi connectivity index (χ3v) is 4.75. The molecule has 0 bridgehead atoms. The first-order valence-corrected chi connectivity index (χ1v) is 9.87. The van der Waals surface area contributed by atoms with E-state index in [0.717, 1.165) is 24.0 Å². The Kier molecular flexibility index (Phi) is 6.62. The van der Waals surface area contributed by atoms with Crippen LogP contribution in [0.1, 0.15) is 33.6 Å². The highest BCUT2D eigenvalue weighted by Gasteiger charge is 2.18. The number of allylic oxidation sites excluding steroid dienone is 3. The van der Waals surface area contributed by atoms with Crippen molar-refractivity contribution in [3.63, 3.8) is 0 Å². The number of fused-ring (bicyclic) bond motifs is 1. The number of benzene rings is 2. The second-order valence-electron chi connectivity index (χ2n) is 7.47. The van der Waals surface area contributed by atoms with Crippen molar-refractivity contribution in [1.29, 1.82) is 0 Å². The van der Waals surface area contributed by atoms with Gasteiger partial charge in [0.05, 0.1) is 0 Å². The Morgan fingerprint density at radius 3 is 2.47 bits per heavy atom. The molecule has 0 aliphatic heterocycles. The summed E-state index contributed by atoms with van der Waals surface area (Å²) in [6.07, 6.45) is 5.98. The molecule has 5 heteroatoms. The summed E-state index contributed by atoms with van der Waals surface area (Å²) in [5.41, 5.74) is 2.89. The molecule has 1 heterocycles. The summed E-state index contributed by atoms with van der Waals surface area (Å²) in [4.78, 5) is 12.5. The molecule has 3 rings (SSSR count). The summed E-state index contributed by atoms with van der Waals surface area (Å²) in [7, 11) is 0. The Hall–Kier alpha value is -3.47. The lowest BCUT2D eigenvalue weighted by atomic mass is 10.1. The van der Waals surface area contributed by atoms with Crippen LogP contribution in [0.2, 0.25) is 0 Å². The highest BCUT2D eigenvalue weighted by atomic mass is 16.5. The van der Waals surface area contributed by atoms with E-state index < -0.39 is 16.9 Å². The second kappa shape index (κ2) is 9.35. The summed E-state index contributed by atoms with van der Waals surface area (Å²) in [6, 6.07) is 11.9. The molecule has 30 heavy (non-hydrogen) atoms. The minimum Gasteiger partial charge on any atom is -0.504 e. The van der Waals surface area contributed by atoms with Crippen LogP contribution in [0.5, 0.6) is 17.2 Å². The summed E-state index contributed by atoms with van der Waals surface area (Å²) >= 11 is 0. The molecule has 156 valence electrons. The topological polar surface area (TPSA) is 79.9 Å². The van der Waals surface area contributed by atoms with Crippen LogP contribution in [0, 0.1) is 0 Å². The van der Waals surface area contributed by atoms with Gasteiger partial charge in [-0.1, -0.05) is 47.6 Å². The third-order valence-electron chi connectivity index (χ3n) is 4.75. The van der Waals surface area contributed by atoms with E-state index in [1.54, 1.807) is 0 Å².